The van der Waals surface area contributed by atoms with Crippen LogP contribution in [0.25, 0.3) is 12.2 Å². The summed E-state index contributed by atoms with van der Waals surface area (Å²) in [5.74, 6) is 1.21. The molecule has 5 aromatic rings. The number of benzene rings is 4. The molecule has 0 saturated carbocycles. The van der Waals surface area contributed by atoms with Crippen LogP contribution in [-0.2, 0) is 19.9 Å². The van der Waals surface area contributed by atoms with Crippen molar-refractivity contribution in [3.05, 3.63) is 156 Å². The summed E-state index contributed by atoms with van der Waals surface area (Å²) in [6.07, 6.45) is 6.07. The van der Waals surface area contributed by atoms with Crippen molar-refractivity contribution >= 4 is 23.7 Å². The minimum Gasteiger partial charge on any atom is -0.493 e. The van der Waals surface area contributed by atoms with Gasteiger partial charge in [0.15, 0.2) is 11.5 Å². The Hall–Kier alpha value is -5.67. The van der Waals surface area contributed by atoms with E-state index in [1.165, 1.54) is 15.7 Å². The second-order valence-electron chi connectivity index (χ2n) is 11.4. The van der Waals surface area contributed by atoms with Gasteiger partial charge in [-0.3, -0.25) is 14.4 Å². The maximum absolute atomic E-state index is 13.1. The molecule has 0 unspecified atom stereocenters. The van der Waals surface area contributed by atoms with Gasteiger partial charge >= 0.3 is 0 Å². The summed E-state index contributed by atoms with van der Waals surface area (Å²) in [5.41, 5.74) is 4.18. The lowest BCUT2D eigenvalue weighted by Gasteiger charge is -2.10. The summed E-state index contributed by atoms with van der Waals surface area (Å²) in [4.78, 5) is 41.7. The number of aromatic amines is 1. The van der Waals surface area contributed by atoms with Crippen LogP contribution in [0.5, 0.6) is 11.5 Å². The molecule has 4 aromatic carbocycles. The minimum absolute atomic E-state index is 0.133. The molecule has 0 spiro atoms. The van der Waals surface area contributed by atoms with E-state index in [1.807, 2.05) is 66.7 Å². The Morgan fingerprint density at radius 2 is 1.50 bits per heavy atom. The van der Waals surface area contributed by atoms with Crippen LogP contribution < -0.4 is 41.9 Å². The Balaban J connectivity index is 1.14. The van der Waals surface area contributed by atoms with Gasteiger partial charge in [-0.05, 0) is 103 Å². The van der Waals surface area contributed by atoms with Gasteiger partial charge in [-0.15, -0.1) is 0 Å². The number of methoxy groups -OCH3 is 2. The van der Waals surface area contributed by atoms with Crippen LogP contribution in [0.2, 0.25) is 0 Å². The first kappa shape index (κ1) is 33.7. The van der Waals surface area contributed by atoms with Gasteiger partial charge in [0, 0.05) is 18.3 Å². The van der Waals surface area contributed by atoms with Crippen molar-refractivity contribution in [2.45, 2.75) is 19.3 Å². The normalized spacial score (nSPS) is 11.8. The minimum atomic E-state index is -0.383. The number of carbonyl (C=O) groups is 1. The molecular weight excluding hydrogens is 604 g/mol. The Kier molecular flexibility index (Phi) is 11.4. The average Bonchev–Trinajstić information content (AvgIpc) is 3.11. The van der Waals surface area contributed by atoms with Gasteiger partial charge in [0.2, 0.25) is 0 Å². The third-order valence-corrected chi connectivity index (χ3v) is 8.01. The van der Waals surface area contributed by atoms with Crippen LogP contribution in [0.1, 0.15) is 39.0 Å². The summed E-state index contributed by atoms with van der Waals surface area (Å²) in [5, 5.41) is 6.82. The number of carbonyl (C=O) groups excluding carboxylic acids is 1. The fourth-order valence-corrected chi connectivity index (χ4v) is 5.36. The van der Waals surface area contributed by atoms with Crippen LogP contribution in [0.3, 0.4) is 0 Å². The third kappa shape index (κ3) is 8.77. The van der Waals surface area contributed by atoms with Gasteiger partial charge in [0.25, 0.3) is 17.0 Å². The summed E-state index contributed by atoms with van der Waals surface area (Å²) in [6, 6.07) is 30.1. The van der Waals surface area contributed by atoms with E-state index < -0.39 is 0 Å². The Bertz CT molecular complexity index is 2100. The van der Waals surface area contributed by atoms with E-state index in [0.717, 1.165) is 49.4 Å². The van der Waals surface area contributed by atoms with Crippen LogP contribution >= 0.6 is 0 Å². The number of hydrogen-bond acceptors (Lipinski definition) is 6. The number of hydrogen-bond donors (Lipinski definition) is 3. The van der Waals surface area contributed by atoms with Crippen LogP contribution in [0, 0.1) is 0 Å². The van der Waals surface area contributed by atoms with Crippen molar-refractivity contribution in [1.82, 2.24) is 14.9 Å². The number of anilines is 1. The van der Waals surface area contributed by atoms with Gasteiger partial charge in [-0.2, -0.15) is 0 Å². The number of amides is 1. The molecule has 0 bridgehead atoms. The van der Waals surface area contributed by atoms with Gasteiger partial charge in [0.05, 0.1) is 14.2 Å². The Morgan fingerprint density at radius 1 is 0.771 bits per heavy atom. The van der Waals surface area contributed by atoms with E-state index in [0.29, 0.717) is 16.8 Å². The number of ether oxygens (including phenoxy) is 2. The zero-order valence-corrected chi connectivity index (χ0v) is 27.4. The second kappa shape index (κ2) is 16.2. The molecule has 1 heterocycles. The highest BCUT2D eigenvalue weighted by atomic mass is 16.5. The average molecular weight is 645 g/mol. The molecule has 0 aliphatic rings. The first-order chi connectivity index (χ1) is 23.3. The van der Waals surface area contributed by atoms with Crippen molar-refractivity contribution in [2.75, 3.05) is 32.6 Å². The van der Waals surface area contributed by atoms with Crippen LogP contribution in [-0.4, -0.2) is 42.8 Å². The molecule has 0 atom stereocenters. The number of aromatic nitrogens is 2. The molecule has 5 rings (SSSR count). The van der Waals surface area contributed by atoms with E-state index in [9.17, 15) is 14.4 Å². The summed E-state index contributed by atoms with van der Waals surface area (Å²) in [6.45, 7) is 1.76. The predicted octanol–water partition coefficient (Wildman–Crippen LogP) is 3.77. The quantitative estimate of drug-likeness (QED) is 0.168. The lowest BCUT2D eigenvalue weighted by Crippen LogP contribution is -2.52. The van der Waals surface area contributed by atoms with E-state index >= 15 is 0 Å². The maximum atomic E-state index is 13.1. The number of aryl methyl sites for hydroxylation is 1. The van der Waals surface area contributed by atoms with E-state index in [4.69, 9.17) is 9.47 Å². The van der Waals surface area contributed by atoms with E-state index in [1.54, 1.807) is 57.7 Å². The molecule has 246 valence electrons. The second-order valence-corrected chi connectivity index (χ2v) is 11.4. The lowest BCUT2D eigenvalue weighted by atomic mass is 10.1. The molecule has 1 amide bonds. The first-order valence-electron chi connectivity index (χ1n) is 15.8. The fourth-order valence-electron chi connectivity index (χ4n) is 5.36. The first-order valence-corrected chi connectivity index (χ1v) is 15.8. The maximum Gasteiger partial charge on any atom is 0.274 e. The lowest BCUT2D eigenvalue weighted by molar-refractivity contribution is 0.102. The fraction of sp³-hybridized carbons (Fsp3) is 0.205. The molecule has 0 radical (unpaired) electrons. The summed E-state index contributed by atoms with van der Waals surface area (Å²) >= 11 is 0. The molecule has 0 aliphatic heterocycles. The number of nitrogens with zero attached hydrogens (tertiary/aromatic N) is 1. The van der Waals surface area contributed by atoms with Crippen molar-refractivity contribution in [3.63, 3.8) is 0 Å². The summed E-state index contributed by atoms with van der Waals surface area (Å²) < 4.78 is 12.0. The molecule has 0 aliphatic carbocycles. The third-order valence-electron chi connectivity index (χ3n) is 8.01. The molecule has 48 heavy (non-hydrogen) atoms. The SMILES string of the molecule is COc1ccc(CCCNCCc2ccc(NC(=O)c3cccc(C=c4[nH]c(=O)c(=Cc5ccccc5)n(C)c4=O)c3)cc2)cc1OC. The Labute approximate surface area is 279 Å². The Morgan fingerprint density at radius 3 is 2.25 bits per heavy atom. The zero-order chi connectivity index (χ0) is 33.9. The standard InChI is InChI=1S/C39H40N4O5/c1-43-34(25-28-9-5-4-6-10-28)38(45)42-33(39(43)46)24-30-11-7-13-31(23-30)37(44)41-32-17-14-27(15-18-32)20-22-40-21-8-12-29-16-19-35(47-2)36(26-29)48-3/h4-7,9-11,13-19,23-26,40H,8,12,20-22H2,1-3H3,(H,41,44)(H,42,45). The van der Waals surface area contributed by atoms with Gasteiger partial charge in [-0.25, -0.2) is 0 Å². The van der Waals surface area contributed by atoms with Gasteiger partial charge < -0.3 is 29.7 Å². The molecule has 9 nitrogen and oxygen atoms in total. The van der Waals surface area contributed by atoms with Crippen molar-refractivity contribution in [1.29, 1.82) is 0 Å². The topological polar surface area (TPSA) is 114 Å². The summed E-state index contributed by atoms with van der Waals surface area (Å²) in [7, 11) is 4.85. The number of nitrogens with one attached hydrogen (secondary N) is 3. The molecule has 1 aromatic heterocycles. The largest absolute Gasteiger partial charge is 0.493 e. The highest BCUT2D eigenvalue weighted by Gasteiger charge is 2.08. The molecule has 3 N–H and O–H groups in total. The van der Waals surface area contributed by atoms with Crippen molar-refractivity contribution < 1.29 is 14.3 Å². The van der Waals surface area contributed by atoms with Crippen LogP contribution in [0.15, 0.2) is 107 Å². The van der Waals surface area contributed by atoms with Crippen molar-refractivity contribution in [3.8, 4) is 11.5 Å². The van der Waals surface area contributed by atoms with E-state index in [2.05, 4.69) is 21.7 Å². The smallest absolute Gasteiger partial charge is 0.274 e. The number of H-pyrrole nitrogens is 1. The molecular formula is C39H40N4O5. The van der Waals surface area contributed by atoms with Crippen LogP contribution in [0.4, 0.5) is 5.69 Å². The predicted molar refractivity (Wildman–Crippen MR) is 190 cm³/mol. The van der Waals surface area contributed by atoms with Gasteiger partial charge in [0.1, 0.15) is 10.7 Å². The molecule has 0 saturated heterocycles. The molecule has 0 fully saturated rings. The monoisotopic (exact) mass is 644 g/mol. The highest BCUT2D eigenvalue weighted by Crippen LogP contribution is 2.27. The highest BCUT2D eigenvalue weighted by molar-refractivity contribution is 6.04. The van der Waals surface area contributed by atoms with Crippen molar-refractivity contribution in [2.24, 2.45) is 7.05 Å². The molecule has 9 heteroatoms. The zero-order valence-electron chi connectivity index (χ0n) is 27.4. The number of rotatable bonds is 13. The van der Waals surface area contributed by atoms with Gasteiger partial charge in [-0.1, -0.05) is 60.7 Å². The van der Waals surface area contributed by atoms with E-state index in [-0.39, 0.29) is 27.7 Å².